The monoisotopic (exact) mass is 267 g/mol. The number of ketones is 1. The number of carbonyl (C=O) groups is 2. The summed E-state index contributed by atoms with van der Waals surface area (Å²) in [4.78, 5) is 22.7. The third-order valence-electron chi connectivity index (χ3n) is 2.73. The summed E-state index contributed by atoms with van der Waals surface area (Å²) in [6, 6.07) is 2.09. The van der Waals surface area contributed by atoms with E-state index in [0.717, 1.165) is 0 Å². The maximum absolute atomic E-state index is 12.1. The van der Waals surface area contributed by atoms with Gasteiger partial charge in [0.2, 0.25) is 0 Å². The molecule has 0 aliphatic heterocycles. The predicted molar refractivity (Wildman–Crippen MR) is 68.8 cm³/mol. The van der Waals surface area contributed by atoms with Crippen LogP contribution in [0, 0.1) is 6.92 Å². The van der Waals surface area contributed by atoms with E-state index in [0.29, 0.717) is 22.6 Å². The highest BCUT2D eigenvalue weighted by molar-refractivity contribution is 6.03. The SMILES string of the molecule is COc1cc(C)c(C(=O)C(N)CC(=O)O)cc1OC. The molecule has 0 aromatic heterocycles. The number of ether oxygens (including phenoxy) is 2. The van der Waals surface area contributed by atoms with Crippen LogP contribution in [0.3, 0.4) is 0 Å². The number of rotatable bonds is 6. The summed E-state index contributed by atoms with van der Waals surface area (Å²) in [6.45, 7) is 1.72. The van der Waals surface area contributed by atoms with Crippen LogP contribution in [0.5, 0.6) is 11.5 Å². The first-order valence-electron chi connectivity index (χ1n) is 5.65. The van der Waals surface area contributed by atoms with E-state index < -0.39 is 24.2 Å². The number of aliphatic carboxylic acids is 1. The Morgan fingerprint density at radius 1 is 1.26 bits per heavy atom. The van der Waals surface area contributed by atoms with Crippen LogP contribution in [0.2, 0.25) is 0 Å². The van der Waals surface area contributed by atoms with Crippen LogP contribution in [0.15, 0.2) is 12.1 Å². The summed E-state index contributed by atoms with van der Waals surface area (Å²) in [5.41, 5.74) is 6.57. The molecular weight excluding hydrogens is 250 g/mol. The second-order valence-electron chi connectivity index (χ2n) is 4.09. The van der Waals surface area contributed by atoms with Crippen LogP contribution in [0.25, 0.3) is 0 Å². The topological polar surface area (TPSA) is 98.9 Å². The molecule has 0 amide bonds. The first-order valence-corrected chi connectivity index (χ1v) is 5.65. The van der Waals surface area contributed by atoms with E-state index in [9.17, 15) is 9.59 Å². The zero-order chi connectivity index (χ0) is 14.6. The van der Waals surface area contributed by atoms with E-state index >= 15 is 0 Å². The Morgan fingerprint density at radius 3 is 2.26 bits per heavy atom. The Kier molecular flexibility index (Phi) is 4.88. The molecule has 6 nitrogen and oxygen atoms in total. The molecule has 104 valence electrons. The number of carboxylic acids is 1. The van der Waals surface area contributed by atoms with E-state index in [2.05, 4.69) is 0 Å². The van der Waals surface area contributed by atoms with Crippen molar-refractivity contribution in [3.05, 3.63) is 23.3 Å². The van der Waals surface area contributed by atoms with Crippen LogP contribution in [0.4, 0.5) is 0 Å². The summed E-state index contributed by atoms with van der Waals surface area (Å²) in [5, 5.41) is 8.66. The summed E-state index contributed by atoms with van der Waals surface area (Å²) >= 11 is 0. The minimum atomic E-state index is -1.11. The number of hydrogen-bond acceptors (Lipinski definition) is 5. The van der Waals surface area contributed by atoms with Crippen molar-refractivity contribution in [3.8, 4) is 11.5 Å². The van der Waals surface area contributed by atoms with Crippen molar-refractivity contribution in [2.75, 3.05) is 14.2 Å². The highest BCUT2D eigenvalue weighted by Crippen LogP contribution is 2.30. The molecule has 1 rings (SSSR count). The molecule has 1 atom stereocenters. The molecule has 0 saturated heterocycles. The minimum absolute atomic E-state index is 0.339. The molecule has 1 aromatic carbocycles. The lowest BCUT2D eigenvalue weighted by Crippen LogP contribution is -2.33. The van der Waals surface area contributed by atoms with Gasteiger partial charge in [-0.15, -0.1) is 0 Å². The van der Waals surface area contributed by atoms with Gasteiger partial charge in [-0.3, -0.25) is 9.59 Å². The third kappa shape index (κ3) is 3.45. The first kappa shape index (κ1) is 15.0. The van der Waals surface area contributed by atoms with Crippen molar-refractivity contribution in [1.29, 1.82) is 0 Å². The van der Waals surface area contributed by atoms with Gasteiger partial charge in [0.15, 0.2) is 17.3 Å². The van der Waals surface area contributed by atoms with E-state index in [4.69, 9.17) is 20.3 Å². The maximum Gasteiger partial charge on any atom is 0.305 e. The van der Waals surface area contributed by atoms with Crippen molar-refractivity contribution in [2.24, 2.45) is 5.73 Å². The second kappa shape index (κ2) is 6.19. The molecule has 0 radical (unpaired) electrons. The lowest BCUT2D eigenvalue weighted by Gasteiger charge is -2.14. The molecule has 3 N–H and O–H groups in total. The van der Waals surface area contributed by atoms with Crippen LogP contribution < -0.4 is 15.2 Å². The number of methoxy groups -OCH3 is 2. The number of nitrogens with two attached hydrogens (primary N) is 1. The Balaban J connectivity index is 3.13. The van der Waals surface area contributed by atoms with Crippen molar-refractivity contribution in [1.82, 2.24) is 0 Å². The quantitative estimate of drug-likeness (QED) is 0.746. The predicted octanol–water partition coefficient (Wildman–Crippen LogP) is 0.997. The maximum atomic E-state index is 12.1. The molecule has 6 heteroatoms. The van der Waals surface area contributed by atoms with Crippen LogP contribution in [-0.2, 0) is 4.79 Å². The number of Topliss-reactive ketones (excluding diaryl/α,β-unsaturated/α-hetero) is 1. The third-order valence-corrected chi connectivity index (χ3v) is 2.73. The molecule has 0 spiro atoms. The molecule has 0 saturated carbocycles. The first-order chi connectivity index (χ1) is 8.90. The number of aryl methyl sites for hydroxylation is 1. The number of carboxylic acid groups (broad SMARTS) is 1. The number of benzene rings is 1. The fourth-order valence-corrected chi connectivity index (χ4v) is 1.73. The average molecular weight is 267 g/mol. The summed E-state index contributed by atoms with van der Waals surface area (Å²) in [5.74, 6) is -0.637. The summed E-state index contributed by atoms with van der Waals surface area (Å²) in [6.07, 6.45) is -0.410. The molecule has 0 bridgehead atoms. The average Bonchev–Trinajstić information content (AvgIpc) is 2.36. The summed E-state index contributed by atoms with van der Waals surface area (Å²) < 4.78 is 10.2. The highest BCUT2D eigenvalue weighted by atomic mass is 16.5. The molecule has 0 aliphatic rings. The molecule has 0 heterocycles. The van der Waals surface area contributed by atoms with Gasteiger partial charge in [-0.05, 0) is 24.6 Å². The van der Waals surface area contributed by atoms with Crippen molar-refractivity contribution >= 4 is 11.8 Å². The van der Waals surface area contributed by atoms with Crippen LogP contribution >= 0.6 is 0 Å². The Hall–Kier alpha value is -2.08. The Bertz CT molecular complexity index is 498. The lowest BCUT2D eigenvalue weighted by atomic mass is 9.97. The lowest BCUT2D eigenvalue weighted by molar-refractivity contribution is -0.137. The highest BCUT2D eigenvalue weighted by Gasteiger charge is 2.22. The molecule has 1 unspecified atom stereocenters. The van der Waals surface area contributed by atoms with Gasteiger partial charge in [-0.25, -0.2) is 0 Å². The standard InChI is InChI=1S/C13H17NO5/c1-7-4-10(18-2)11(19-3)5-8(7)13(17)9(14)6-12(15)16/h4-5,9H,6,14H2,1-3H3,(H,15,16). The number of carbonyl (C=O) groups excluding carboxylic acids is 1. The van der Waals surface area contributed by atoms with Gasteiger partial charge in [0.25, 0.3) is 0 Å². The van der Waals surface area contributed by atoms with Gasteiger partial charge in [-0.2, -0.15) is 0 Å². The minimum Gasteiger partial charge on any atom is -0.493 e. The number of hydrogen-bond donors (Lipinski definition) is 2. The normalized spacial score (nSPS) is 11.8. The van der Waals surface area contributed by atoms with Crippen molar-refractivity contribution < 1.29 is 24.2 Å². The van der Waals surface area contributed by atoms with Gasteiger partial charge in [-0.1, -0.05) is 0 Å². The van der Waals surface area contributed by atoms with Gasteiger partial charge in [0.05, 0.1) is 26.7 Å². The van der Waals surface area contributed by atoms with E-state index in [1.54, 1.807) is 13.0 Å². The Morgan fingerprint density at radius 2 is 1.79 bits per heavy atom. The fourth-order valence-electron chi connectivity index (χ4n) is 1.73. The fraction of sp³-hybridized carbons (Fsp3) is 0.385. The zero-order valence-corrected chi connectivity index (χ0v) is 11.1. The van der Waals surface area contributed by atoms with Crippen molar-refractivity contribution in [3.63, 3.8) is 0 Å². The van der Waals surface area contributed by atoms with Gasteiger partial charge < -0.3 is 20.3 Å². The van der Waals surface area contributed by atoms with Crippen LogP contribution in [0.1, 0.15) is 22.3 Å². The van der Waals surface area contributed by atoms with Crippen LogP contribution in [-0.4, -0.2) is 37.1 Å². The van der Waals surface area contributed by atoms with Gasteiger partial charge >= 0.3 is 5.97 Å². The van der Waals surface area contributed by atoms with Gasteiger partial charge in [0, 0.05) is 5.56 Å². The largest absolute Gasteiger partial charge is 0.493 e. The van der Waals surface area contributed by atoms with E-state index in [1.165, 1.54) is 20.3 Å². The van der Waals surface area contributed by atoms with E-state index in [1.807, 2.05) is 0 Å². The molecule has 0 fully saturated rings. The van der Waals surface area contributed by atoms with Crippen molar-refractivity contribution in [2.45, 2.75) is 19.4 Å². The Labute approximate surface area is 111 Å². The van der Waals surface area contributed by atoms with Gasteiger partial charge in [0.1, 0.15) is 0 Å². The molecule has 19 heavy (non-hydrogen) atoms. The van der Waals surface area contributed by atoms with E-state index in [-0.39, 0.29) is 0 Å². The zero-order valence-electron chi connectivity index (χ0n) is 11.1. The smallest absolute Gasteiger partial charge is 0.305 e. The molecule has 1 aromatic rings. The molecular formula is C13H17NO5. The summed E-state index contributed by atoms with van der Waals surface area (Å²) in [7, 11) is 2.95. The second-order valence-corrected chi connectivity index (χ2v) is 4.09. The molecule has 0 aliphatic carbocycles.